The Morgan fingerprint density at radius 3 is 1.26 bits per heavy atom. The van der Waals surface area contributed by atoms with Gasteiger partial charge < -0.3 is 4.90 Å². The molecule has 13 rings (SSSR count). The molecular weight excluding hydrogens is 795 g/mol. The van der Waals surface area contributed by atoms with E-state index in [2.05, 4.69) is 266 Å². The standard InChI is InChI=1S/C65H43N/c1-3-15-44(16-4-1)46-33-35-52(36-34-46)66(54-38-40-59-58-23-11-14-26-63(58)65(64(59)43-54)61-24-12-9-21-56(61)57-22-10-13-25-62(57)65)53-37-39-55(60(42-53)48-18-5-2-6-19-48)49-30-27-47(28-31-49)51-32-29-45-17-7-8-20-50(45)41-51/h1-43H. The summed E-state index contributed by atoms with van der Waals surface area (Å²) < 4.78 is 0. The first-order chi connectivity index (χ1) is 32.7. The zero-order chi connectivity index (χ0) is 43.6. The van der Waals surface area contributed by atoms with Gasteiger partial charge in [0.15, 0.2) is 0 Å². The molecule has 0 aliphatic heterocycles. The molecule has 1 heteroatoms. The van der Waals surface area contributed by atoms with Gasteiger partial charge in [-0.1, -0.05) is 218 Å². The van der Waals surface area contributed by atoms with Gasteiger partial charge in [0, 0.05) is 17.1 Å². The van der Waals surface area contributed by atoms with Crippen LogP contribution in [0.5, 0.6) is 0 Å². The number of fused-ring (bicyclic) bond motifs is 11. The minimum absolute atomic E-state index is 0.448. The third-order valence-electron chi connectivity index (χ3n) is 14.1. The highest BCUT2D eigenvalue weighted by molar-refractivity contribution is 5.97. The van der Waals surface area contributed by atoms with Gasteiger partial charge in [0.05, 0.1) is 5.41 Å². The van der Waals surface area contributed by atoms with E-state index in [9.17, 15) is 0 Å². The van der Waals surface area contributed by atoms with Crippen molar-refractivity contribution in [3.05, 3.63) is 283 Å². The van der Waals surface area contributed by atoms with Crippen molar-refractivity contribution in [3.63, 3.8) is 0 Å². The first kappa shape index (κ1) is 38.0. The molecule has 11 aromatic carbocycles. The summed E-state index contributed by atoms with van der Waals surface area (Å²) in [6.45, 7) is 0. The van der Waals surface area contributed by atoms with Gasteiger partial charge in [-0.05, 0) is 142 Å². The minimum atomic E-state index is -0.448. The number of hydrogen-bond acceptors (Lipinski definition) is 1. The molecule has 0 fully saturated rings. The second kappa shape index (κ2) is 15.3. The van der Waals surface area contributed by atoms with Gasteiger partial charge in [0.1, 0.15) is 0 Å². The van der Waals surface area contributed by atoms with Gasteiger partial charge in [-0.25, -0.2) is 0 Å². The zero-order valence-electron chi connectivity index (χ0n) is 36.3. The zero-order valence-corrected chi connectivity index (χ0v) is 36.3. The van der Waals surface area contributed by atoms with E-state index in [1.54, 1.807) is 0 Å². The lowest BCUT2D eigenvalue weighted by Gasteiger charge is -2.32. The second-order valence-electron chi connectivity index (χ2n) is 17.6. The van der Waals surface area contributed by atoms with Crippen LogP contribution in [-0.4, -0.2) is 0 Å². The highest BCUT2D eigenvalue weighted by Gasteiger charge is 2.51. The quantitative estimate of drug-likeness (QED) is 0.155. The molecule has 0 radical (unpaired) electrons. The molecule has 0 saturated heterocycles. The lowest BCUT2D eigenvalue weighted by Crippen LogP contribution is -2.26. The van der Waals surface area contributed by atoms with Gasteiger partial charge in [-0.3, -0.25) is 0 Å². The Bertz CT molecular complexity index is 3560. The Balaban J connectivity index is 0.993. The van der Waals surface area contributed by atoms with Gasteiger partial charge in [0.25, 0.3) is 0 Å². The summed E-state index contributed by atoms with van der Waals surface area (Å²) in [6, 6.07) is 96.3. The van der Waals surface area contributed by atoms with Gasteiger partial charge in [-0.2, -0.15) is 0 Å². The molecule has 66 heavy (non-hydrogen) atoms. The minimum Gasteiger partial charge on any atom is -0.310 e. The largest absolute Gasteiger partial charge is 0.310 e. The first-order valence-corrected chi connectivity index (χ1v) is 22.9. The molecule has 0 unspecified atom stereocenters. The van der Waals surface area contributed by atoms with Crippen LogP contribution in [0.4, 0.5) is 17.1 Å². The van der Waals surface area contributed by atoms with Crippen molar-refractivity contribution in [2.75, 3.05) is 4.90 Å². The maximum Gasteiger partial charge on any atom is 0.0726 e. The average Bonchev–Trinajstić information content (AvgIpc) is 3.86. The topological polar surface area (TPSA) is 3.24 Å². The van der Waals surface area contributed by atoms with E-state index in [0.29, 0.717) is 0 Å². The fourth-order valence-electron chi connectivity index (χ4n) is 11.1. The first-order valence-electron chi connectivity index (χ1n) is 22.9. The maximum atomic E-state index is 2.49. The monoisotopic (exact) mass is 837 g/mol. The highest BCUT2D eigenvalue weighted by Crippen LogP contribution is 2.63. The Hall–Kier alpha value is -8.52. The number of anilines is 3. The molecule has 1 nitrogen and oxygen atoms in total. The molecule has 11 aromatic rings. The van der Waals surface area contributed by atoms with E-state index in [4.69, 9.17) is 0 Å². The van der Waals surface area contributed by atoms with Crippen LogP contribution < -0.4 is 4.90 Å². The smallest absolute Gasteiger partial charge is 0.0726 e. The molecule has 308 valence electrons. The molecule has 0 saturated carbocycles. The van der Waals surface area contributed by atoms with Crippen molar-refractivity contribution in [3.8, 4) is 66.8 Å². The van der Waals surface area contributed by atoms with Crippen LogP contribution in [0.2, 0.25) is 0 Å². The third kappa shape index (κ3) is 5.94. The molecule has 1 spiro atoms. The molecule has 0 heterocycles. The summed E-state index contributed by atoms with van der Waals surface area (Å²) in [5, 5.41) is 2.51. The summed E-state index contributed by atoms with van der Waals surface area (Å²) >= 11 is 0. The van der Waals surface area contributed by atoms with Crippen LogP contribution in [0.15, 0.2) is 261 Å². The Morgan fingerprint density at radius 1 is 0.212 bits per heavy atom. The van der Waals surface area contributed by atoms with E-state index in [-0.39, 0.29) is 0 Å². The van der Waals surface area contributed by atoms with Crippen molar-refractivity contribution in [2.24, 2.45) is 0 Å². The lowest BCUT2D eigenvalue weighted by molar-refractivity contribution is 0.793. The fraction of sp³-hybridized carbons (Fsp3) is 0.0154. The van der Waals surface area contributed by atoms with Gasteiger partial charge in [-0.15, -0.1) is 0 Å². The Labute approximate surface area is 386 Å². The van der Waals surface area contributed by atoms with Crippen molar-refractivity contribution in [1.29, 1.82) is 0 Å². The summed E-state index contributed by atoms with van der Waals surface area (Å²) in [4.78, 5) is 2.46. The van der Waals surface area contributed by atoms with Crippen molar-refractivity contribution < 1.29 is 0 Å². The van der Waals surface area contributed by atoms with E-state index in [0.717, 1.165) is 17.1 Å². The SMILES string of the molecule is c1ccc(-c2ccc(N(c3ccc(-c4ccc(-c5ccc6ccccc6c5)cc4)c(-c4ccccc4)c3)c3ccc4c(c3)C3(c5ccccc5-c5ccccc53)c3ccccc3-4)cc2)cc1. The van der Waals surface area contributed by atoms with Crippen molar-refractivity contribution in [1.82, 2.24) is 0 Å². The molecular formula is C65H43N. The van der Waals surface area contributed by atoms with Crippen LogP contribution in [0.3, 0.4) is 0 Å². The average molecular weight is 838 g/mol. The van der Waals surface area contributed by atoms with Crippen LogP contribution in [-0.2, 0) is 5.41 Å². The van der Waals surface area contributed by atoms with Gasteiger partial charge in [0.2, 0.25) is 0 Å². The number of hydrogen-bond donors (Lipinski definition) is 0. The molecule has 0 amide bonds. The van der Waals surface area contributed by atoms with E-state index < -0.39 is 5.41 Å². The summed E-state index contributed by atoms with van der Waals surface area (Å²) in [6.07, 6.45) is 0. The molecule has 2 aliphatic carbocycles. The maximum absolute atomic E-state index is 2.49. The van der Waals surface area contributed by atoms with E-state index >= 15 is 0 Å². The van der Waals surface area contributed by atoms with E-state index in [1.807, 2.05) is 0 Å². The van der Waals surface area contributed by atoms with Crippen LogP contribution >= 0.6 is 0 Å². The molecule has 0 atom stereocenters. The third-order valence-corrected chi connectivity index (χ3v) is 14.1. The van der Waals surface area contributed by atoms with Crippen molar-refractivity contribution >= 4 is 27.8 Å². The molecule has 0 N–H and O–H groups in total. The van der Waals surface area contributed by atoms with Gasteiger partial charge >= 0.3 is 0 Å². The lowest BCUT2D eigenvalue weighted by atomic mass is 9.70. The summed E-state index contributed by atoms with van der Waals surface area (Å²) in [7, 11) is 0. The number of benzene rings is 11. The van der Waals surface area contributed by atoms with Crippen molar-refractivity contribution in [2.45, 2.75) is 5.41 Å². The normalized spacial score (nSPS) is 12.7. The Morgan fingerprint density at radius 2 is 0.621 bits per heavy atom. The molecule has 2 aliphatic rings. The van der Waals surface area contributed by atoms with Crippen LogP contribution in [0, 0.1) is 0 Å². The summed E-state index contributed by atoms with van der Waals surface area (Å²) in [5.74, 6) is 0. The summed E-state index contributed by atoms with van der Waals surface area (Å²) in [5.41, 5.74) is 22.9. The second-order valence-corrected chi connectivity index (χ2v) is 17.6. The molecule has 0 aromatic heterocycles. The number of rotatable bonds is 7. The fourth-order valence-corrected chi connectivity index (χ4v) is 11.1. The number of nitrogens with zero attached hydrogens (tertiary/aromatic N) is 1. The highest BCUT2D eigenvalue weighted by atomic mass is 15.1. The van der Waals surface area contributed by atoms with Crippen LogP contribution in [0.1, 0.15) is 22.3 Å². The Kier molecular flexibility index (Phi) is 8.82. The molecule has 0 bridgehead atoms. The predicted molar refractivity (Wildman–Crippen MR) is 277 cm³/mol. The predicted octanol–water partition coefficient (Wildman–Crippen LogP) is 17.3. The van der Waals surface area contributed by atoms with E-state index in [1.165, 1.54) is 99.8 Å². The van der Waals surface area contributed by atoms with Crippen LogP contribution in [0.25, 0.3) is 77.5 Å².